The zero-order valence-corrected chi connectivity index (χ0v) is 10.1. The van der Waals surface area contributed by atoms with Crippen LogP contribution >= 0.6 is 0 Å². The molecule has 1 rings (SSSR count). The van der Waals surface area contributed by atoms with E-state index in [0.717, 1.165) is 0 Å². The summed E-state index contributed by atoms with van der Waals surface area (Å²) in [7, 11) is 3.49. The quantitative estimate of drug-likeness (QED) is 0.491. The van der Waals surface area contributed by atoms with E-state index in [4.69, 9.17) is 5.26 Å². The first-order valence-corrected chi connectivity index (χ1v) is 5.15. The monoisotopic (exact) mass is 220 g/mol. The molecule has 0 aromatic heterocycles. The van der Waals surface area contributed by atoms with Gasteiger partial charge in [0.2, 0.25) is 0 Å². The first-order valence-electron chi connectivity index (χ1n) is 5.15. The predicted molar refractivity (Wildman–Crippen MR) is 59.3 cm³/mol. The SMILES string of the molecule is CN(C)/C=C1/C(=O)CC(C)(C)C(C#N)C1=O. The molecule has 4 nitrogen and oxygen atoms in total. The second kappa shape index (κ2) is 4.09. The zero-order chi connectivity index (χ0) is 12.5. The molecular weight excluding hydrogens is 204 g/mol. The number of rotatable bonds is 1. The van der Waals surface area contributed by atoms with Crippen molar-refractivity contribution >= 4 is 11.6 Å². The van der Waals surface area contributed by atoms with Crippen molar-refractivity contribution in [2.75, 3.05) is 14.1 Å². The van der Waals surface area contributed by atoms with E-state index >= 15 is 0 Å². The van der Waals surface area contributed by atoms with Gasteiger partial charge < -0.3 is 4.90 Å². The van der Waals surface area contributed by atoms with Gasteiger partial charge in [-0.05, 0) is 5.41 Å². The first-order chi connectivity index (χ1) is 7.29. The molecule has 0 aromatic rings. The molecule has 86 valence electrons. The van der Waals surface area contributed by atoms with Crippen LogP contribution in [0.1, 0.15) is 20.3 Å². The van der Waals surface area contributed by atoms with Gasteiger partial charge in [-0.2, -0.15) is 5.26 Å². The van der Waals surface area contributed by atoms with Crippen LogP contribution in [0.3, 0.4) is 0 Å². The Bertz CT molecular complexity index is 400. The fourth-order valence-corrected chi connectivity index (χ4v) is 1.89. The molecule has 1 aliphatic carbocycles. The fraction of sp³-hybridized carbons (Fsp3) is 0.583. The second-order valence-corrected chi connectivity index (χ2v) is 5.02. The first kappa shape index (κ1) is 12.4. The van der Waals surface area contributed by atoms with E-state index < -0.39 is 11.3 Å². The Morgan fingerprint density at radius 3 is 2.44 bits per heavy atom. The second-order valence-electron chi connectivity index (χ2n) is 5.02. The van der Waals surface area contributed by atoms with Gasteiger partial charge in [0.1, 0.15) is 5.92 Å². The van der Waals surface area contributed by atoms with Crippen molar-refractivity contribution in [2.45, 2.75) is 20.3 Å². The summed E-state index contributed by atoms with van der Waals surface area (Å²) in [5, 5.41) is 9.01. The number of nitriles is 1. The lowest BCUT2D eigenvalue weighted by atomic mass is 9.67. The van der Waals surface area contributed by atoms with E-state index in [1.807, 2.05) is 6.07 Å². The lowest BCUT2D eigenvalue weighted by molar-refractivity contribution is -0.130. The Morgan fingerprint density at radius 1 is 1.44 bits per heavy atom. The third-order valence-electron chi connectivity index (χ3n) is 2.74. The van der Waals surface area contributed by atoms with Crippen LogP contribution in [0.2, 0.25) is 0 Å². The molecule has 0 aliphatic heterocycles. The van der Waals surface area contributed by atoms with Crippen LogP contribution in [0.4, 0.5) is 0 Å². The minimum absolute atomic E-state index is 0.149. The van der Waals surface area contributed by atoms with Crippen LogP contribution in [0.5, 0.6) is 0 Å². The molecule has 1 atom stereocenters. The average Bonchev–Trinajstić information content (AvgIpc) is 2.11. The average molecular weight is 220 g/mol. The van der Waals surface area contributed by atoms with Gasteiger partial charge in [0.25, 0.3) is 0 Å². The van der Waals surface area contributed by atoms with Crippen molar-refractivity contribution in [3.05, 3.63) is 11.8 Å². The smallest absolute Gasteiger partial charge is 0.185 e. The van der Waals surface area contributed by atoms with Crippen molar-refractivity contribution in [1.29, 1.82) is 5.26 Å². The maximum Gasteiger partial charge on any atom is 0.185 e. The number of nitrogens with zero attached hydrogens (tertiary/aromatic N) is 2. The summed E-state index contributed by atoms with van der Waals surface area (Å²) in [5.41, 5.74) is -0.414. The van der Waals surface area contributed by atoms with Crippen molar-refractivity contribution in [3.63, 3.8) is 0 Å². The molecule has 4 heteroatoms. The van der Waals surface area contributed by atoms with Crippen molar-refractivity contribution < 1.29 is 9.59 Å². The van der Waals surface area contributed by atoms with Gasteiger partial charge in [0, 0.05) is 26.7 Å². The van der Waals surface area contributed by atoms with E-state index in [1.54, 1.807) is 32.8 Å². The van der Waals surface area contributed by atoms with Crippen LogP contribution < -0.4 is 0 Å². The molecular formula is C12H16N2O2. The van der Waals surface area contributed by atoms with Gasteiger partial charge in [-0.25, -0.2) is 0 Å². The molecule has 0 amide bonds. The van der Waals surface area contributed by atoms with E-state index in [2.05, 4.69) is 0 Å². The molecule has 0 N–H and O–H groups in total. The van der Waals surface area contributed by atoms with Crippen LogP contribution in [0.25, 0.3) is 0 Å². The molecule has 0 saturated heterocycles. The van der Waals surface area contributed by atoms with Crippen LogP contribution in [-0.2, 0) is 9.59 Å². The number of carbonyl (C=O) groups excluding carboxylic acids is 2. The molecule has 1 aliphatic rings. The maximum absolute atomic E-state index is 12.0. The fourth-order valence-electron chi connectivity index (χ4n) is 1.89. The van der Waals surface area contributed by atoms with Gasteiger partial charge in [0.05, 0.1) is 11.6 Å². The topological polar surface area (TPSA) is 61.2 Å². The largest absolute Gasteiger partial charge is 0.383 e. The Balaban J connectivity index is 3.16. The summed E-state index contributed by atoms with van der Waals surface area (Å²) in [4.78, 5) is 25.4. The van der Waals surface area contributed by atoms with E-state index in [9.17, 15) is 9.59 Å². The normalized spacial score (nSPS) is 26.7. The van der Waals surface area contributed by atoms with E-state index in [1.165, 1.54) is 6.20 Å². The highest BCUT2D eigenvalue weighted by Crippen LogP contribution is 2.38. The molecule has 0 spiro atoms. The highest BCUT2D eigenvalue weighted by Gasteiger charge is 2.45. The number of ketones is 2. The molecule has 0 aromatic carbocycles. The summed E-state index contributed by atoms with van der Waals surface area (Å²) < 4.78 is 0. The van der Waals surface area contributed by atoms with Gasteiger partial charge in [-0.3, -0.25) is 9.59 Å². The summed E-state index contributed by atoms with van der Waals surface area (Å²) in [6.45, 7) is 3.56. The van der Waals surface area contributed by atoms with Gasteiger partial charge >= 0.3 is 0 Å². The minimum atomic E-state index is -0.726. The summed E-state index contributed by atoms with van der Waals surface area (Å²) >= 11 is 0. The Labute approximate surface area is 95.5 Å². The van der Waals surface area contributed by atoms with Crippen molar-refractivity contribution in [1.82, 2.24) is 4.90 Å². The lowest BCUT2D eigenvalue weighted by Gasteiger charge is -2.33. The summed E-state index contributed by atoms with van der Waals surface area (Å²) in [6.07, 6.45) is 1.75. The third-order valence-corrected chi connectivity index (χ3v) is 2.74. The molecule has 0 heterocycles. The number of hydrogen-bond acceptors (Lipinski definition) is 4. The van der Waals surface area contributed by atoms with E-state index in [0.29, 0.717) is 0 Å². The Kier molecular flexibility index (Phi) is 3.18. The van der Waals surface area contributed by atoms with Gasteiger partial charge in [-0.1, -0.05) is 13.8 Å². The summed E-state index contributed by atoms with van der Waals surface area (Å²) in [5.74, 6) is -1.25. The van der Waals surface area contributed by atoms with Crippen LogP contribution in [0, 0.1) is 22.7 Å². The highest BCUT2D eigenvalue weighted by atomic mass is 16.2. The molecule has 1 fully saturated rings. The molecule has 0 radical (unpaired) electrons. The Hall–Kier alpha value is -1.63. The van der Waals surface area contributed by atoms with Gasteiger partial charge in [0.15, 0.2) is 11.6 Å². The number of Topliss-reactive ketones (excluding diaryl/α,β-unsaturated/α-hetero) is 2. The molecule has 1 unspecified atom stereocenters. The predicted octanol–water partition coefficient (Wildman–Crippen LogP) is 1.14. The Morgan fingerprint density at radius 2 is 2.00 bits per heavy atom. The van der Waals surface area contributed by atoms with Gasteiger partial charge in [-0.15, -0.1) is 0 Å². The molecule has 1 saturated carbocycles. The number of carbonyl (C=O) groups is 2. The lowest BCUT2D eigenvalue weighted by Crippen LogP contribution is -2.40. The van der Waals surface area contributed by atoms with Crippen molar-refractivity contribution in [2.24, 2.45) is 11.3 Å². The van der Waals surface area contributed by atoms with Crippen LogP contribution in [-0.4, -0.2) is 30.6 Å². The highest BCUT2D eigenvalue weighted by molar-refractivity contribution is 6.23. The van der Waals surface area contributed by atoms with Crippen LogP contribution in [0.15, 0.2) is 11.8 Å². The third kappa shape index (κ3) is 2.13. The maximum atomic E-state index is 12.0. The number of hydrogen-bond donors (Lipinski definition) is 0. The number of allylic oxidation sites excluding steroid dienone is 1. The molecule has 16 heavy (non-hydrogen) atoms. The summed E-state index contributed by atoms with van der Waals surface area (Å²) in [6, 6.07) is 2.01. The van der Waals surface area contributed by atoms with Crippen molar-refractivity contribution in [3.8, 4) is 6.07 Å². The standard InChI is InChI=1S/C12H16N2O2/c1-12(2)5-10(15)8(7-14(3)4)11(16)9(12)6-13/h7,9H,5H2,1-4H3/b8-7-. The molecule has 0 bridgehead atoms. The zero-order valence-electron chi connectivity index (χ0n) is 10.1. The minimum Gasteiger partial charge on any atom is -0.383 e. The van der Waals surface area contributed by atoms with E-state index in [-0.39, 0.29) is 23.6 Å².